The van der Waals surface area contributed by atoms with Gasteiger partial charge in [-0.3, -0.25) is 19.2 Å². The number of hydrogen-bond donors (Lipinski definition) is 6. The van der Waals surface area contributed by atoms with Gasteiger partial charge in [-0.2, -0.15) is 16.6 Å². The van der Waals surface area contributed by atoms with Crippen molar-refractivity contribution in [1.82, 2.24) is 21.3 Å². The lowest BCUT2D eigenvalue weighted by Crippen LogP contribution is -2.50. The van der Waals surface area contributed by atoms with Crippen LogP contribution in [0, 0.1) is 0 Å². The van der Waals surface area contributed by atoms with E-state index in [1.807, 2.05) is 11.8 Å². The third kappa shape index (κ3) is 9.96. The normalized spacial score (nSPS) is 21.8. The van der Waals surface area contributed by atoms with Crippen molar-refractivity contribution in [3.63, 3.8) is 0 Å². The van der Waals surface area contributed by atoms with Crippen molar-refractivity contribution in [3.8, 4) is 0 Å². The molecule has 36 heavy (non-hydrogen) atoms. The topological polar surface area (TPSA) is 222 Å². The van der Waals surface area contributed by atoms with E-state index >= 15 is 0 Å². The molecule has 2 fully saturated rings. The van der Waals surface area contributed by atoms with E-state index in [9.17, 15) is 24.0 Å². The minimum absolute atomic E-state index is 0.0186. The maximum Gasteiger partial charge on any atom is 0.323 e. The van der Waals surface area contributed by atoms with E-state index in [1.165, 1.54) is 0 Å². The zero-order chi connectivity index (χ0) is 26.5. The Balaban J connectivity index is 1.52. The molecule has 2 aliphatic rings. The number of nitrogens with one attached hydrogen (secondary N) is 4. The number of carbonyl (C=O) groups excluding carboxylic acids is 5. The fourth-order valence-corrected chi connectivity index (χ4v) is 5.73. The second kappa shape index (κ2) is 15.2. The third-order valence-electron chi connectivity index (χ3n) is 6.22. The number of nitrogens with two attached hydrogens (primary N) is 2. The van der Waals surface area contributed by atoms with Crippen LogP contribution in [0.15, 0.2) is 0 Å². The van der Waals surface area contributed by atoms with Gasteiger partial charge >= 0.3 is 12.2 Å². The van der Waals surface area contributed by atoms with Crippen LogP contribution in [0.1, 0.15) is 57.8 Å². The predicted molar refractivity (Wildman–Crippen MR) is 134 cm³/mol. The standard InChI is InChI=1S/C22H36N8O5S/c23-14(21(34)28-15(20(24)33)9-8-13(31)11-27-25)5-3-4-10-26-18(32)7-2-1-6-17-19-16(12-36-17)29-22(35)30-19/h11,14-17,19H,1-10,12,23H2,(H2,24,33)(H,26,32)(H,28,34)(H2,29,30,35)/t14-,15-,16+,17-,19+/m0/s1. The molecule has 14 heteroatoms. The number of Topliss-reactive ketones (excluding diaryl/α,β-unsaturated/α-hetero) is 1. The quantitative estimate of drug-likeness (QED) is 0.0454. The van der Waals surface area contributed by atoms with E-state index in [0.717, 1.165) is 25.0 Å². The summed E-state index contributed by atoms with van der Waals surface area (Å²) >= 11 is 1.86. The smallest absolute Gasteiger partial charge is 0.323 e. The first-order valence-electron chi connectivity index (χ1n) is 12.2. The number of ketones is 1. The molecule has 0 unspecified atom stereocenters. The molecule has 0 aromatic carbocycles. The number of amides is 5. The van der Waals surface area contributed by atoms with Gasteiger partial charge in [0.25, 0.3) is 0 Å². The first kappa shape index (κ1) is 29.3. The number of urea groups is 1. The molecule has 0 aromatic rings. The van der Waals surface area contributed by atoms with Gasteiger partial charge in [-0.25, -0.2) is 4.79 Å². The Morgan fingerprint density at radius 2 is 1.92 bits per heavy atom. The van der Waals surface area contributed by atoms with Crippen molar-refractivity contribution in [2.24, 2.45) is 11.5 Å². The van der Waals surface area contributed by atoms with Gasteiger partial charge in [-0.05, 0) is 38.5 Å². The summed E-state index contributed by atoms with van der Waals surface area (Å²) < 4.78 is 0. The highest BCUT2D eigenvalue weighted by molar-refractivity contribution is 8.00. The molecule has 2 aliphatic heterocycles. The number of unbranched alkanes of at least 4 members (excludes halogenated alkanes) is 2. The van der Waals surface area contributed by atoms with E-state index < -0.39 is 29.7 Å². The molecule has 0 aliphatic carbocycles. The molecular formula is C22H36N8O5S. The summed E-state index contributed by atoms with van der Waals surface area (Å²) in [4.78, 5) is 61.2. The number of primary amides is 1. The molecule has 5 atom stereocenters. The molecule has 0 radical (unpaired) electrons. The third-order valence-corrected chi connectivity index (χ3v) is 7.73. The van der Waals surface area contributed by atoms with Crippen LogP contribution >= 0.6 is 11.8 Å². The number of thioether (sulfide) groups is 1. The van der Waals surface area contributed by atoms with Gasteiger partial charge in [0, 0.05) is 30.4 Å². The molecular weight excluding hydrogens is 488 g/mol. The second-order valence-electron chi connectivity index (χ2n) is 9.03. The zero-order valence-electron chi connectivity index (χ0n) is 20.2. The number of carbonyl (C=O) groups is 5. The Morgan fingerprint density at radius 3 is 2.64 bits per heavy atom. The predicted octanol–water partition coefficient (Wildman–Crippen LogP) is -1.05. The van der Waals surface area contributed by atoms with Crippen molar-refractivity contribution in [2.45, 2.75) is 87.2 Å². The Bertz CT molecular complexity index is 865. The first-order valence-corrected chi connectivity index (χ1v) is 13.3. The van der Waals surface area contributed by atoms with Gasteiger partial charge < -0.3 is 38.3 Å². The van der Waals surface area contributed by atoms with Crippen molar-refractivity contribution in [3.05, 3.63) is 5.53 Å². The van der Waals surface area contributed by atoms with Crippen LogP contribution in [0.25, 0.3) is 5.53 Å². The Kier molecular flexibility index (Phi) is 12.4. The van der Waals surface area contributed by atoms with Crippen LogP contribution in [-0.4, -0.2) is 82.3 Å². The average molecular weight is 525 g/mol. The van der Waals surface area contributed by atoms with Crippen molar-refractivity contribution in [1.29, 1.82) is 0 Å². The van der Waals surface area contributed by atoms with Gasteiger partial charge in [0.05, 0.1) is 18.1 Å². The minimum atomic E-state index is -1.05. The molecule has 2 rings (SSSR count). The molecule has 8 N–H and O–H groups in total. The summed E-state index contributed by atoms with van der Waals surface area (Å²) in [5.41, 5.74) is 19.5. The van der Waals surface area contributed by atoms with E-state index in [-0.39, 0.29) is 36.9 Å². The van der Waals surface area contributed by atoms with Crippen molar-refractivity contribution >= 4 is 47.5 Å². The summed E-state index contributed by atoms with van der Waals surface area (Å²) in [6.45, 7) is 0.478. The van der Waals surface area contributed by atoms with Crippen LogP contribution in [0.2, 0.25) is 0 Å². The van der Waals surface area contributed by atoms with E-state index in [2.05, 4.69) is 26.1 Å². The first-order chi connectivity index (χ1) is 17.2. The van der Waals surface area contributed by atoms with Gasteiger partial charge in [0.15, 0.2) is 0 Å². The lowest BCUT2D eigenvalue weighted by Gasteiger charge is -2.18. The van der Waals surface area contributed by atoms with Crippen LogP contribution in [-0.2, 0) is 19.2 Å². The number of hydrogen-bond acceptors (Lipinski definition) is 7. The molecule has 0 aromatic heterocycles. The van der Waals surface area contributed by atoms with E-state index in [1.54, 1.807) is 0 Å². The highest BCUT2D eigenvalue weighted by atomic mass is 32.2. The zero-order valence-corrected chi connectivity index (χ0v) is 21.1. The lowest BCUT2D eigenvalue weighted by atomic mass is 10.0. The number of fused-ring (bicyclic) bond motifs is 1. The monoisotopic (exact) mass is 524 g/mol. The van der Waals surface area contributed by atoms with Gasteiger partial charge in [0.2, 0.25) is 23.5 Å². The molecule has 200 valence electrons. The fraction of sp³-hybridized carbons (Fsp3) is 0.727. The highest BCUT2D eigenvalue weighted by Gasteiger charge is 2.42. The van der Waals surface area contributed by atoms with Crippen LogP contribution in [0.4, 0.5) is 4.79 Å². The van der Waals surface area contributed by atoms with Gasteiger partial charge in [-0.15, -0.1) is 0 Å². The highest BCUT2D eigenvalue weighted by Crippen LogP contribution is 2.33. The summed E-state index contributed by atoms with van der Waals surface area (Å²) in [6, 6.07) is -1.61. The number of rotatable bonds is 17. The summed E-state index contributed by atoms with van der Waals surface area (Å²) in [7, 11) is 0. The van der Waals surface area contributed by atoms with Crippen LogP contribution in [0.5, 0.6) is 0 Å². The summed E-state index contributed by atoms with van der Waals surface area (Å²) in [5, 5.41) is 11.6. The number of nitrogens with zero attached hydrogens (tertiary/aromatic N) is 2. The van der Waals surface area contributed by atoms with Crippen LogP contribution < -0.4 is 32.7 Å². The van der Waals surface area contributed by atoms with E-state index in [4.69, 9.17) is 17.0 Å². The molecule has 0 bridgehead atoms. The van der Waals surface area contributed by atoms with Crippen molar-refractivity contribution < 1.29 is 28.8 Å². The molecule has 0 saturated carbocycles. The minimum Gasteiger partial charge on any atom is -0.368 e. The Hall–Kier alpha value is -2.96. The lowest BCUT2D eigenvalue weighted by molar-refractivity contribution is -0.128. The maximum absolute atomic E-state index is 12.2. The summed E-state index contributed by atoms with van der Waals surface area (Å²) in [6.07, 6.45) is 5.28. The largest absolute Gasteiger partial charge is 0.368 e. The van der Waals surface area contributed by atoms with E-state index in [0.29, 0.717) is 43.7 Å². The molecule has 13 nitrogen and oxygen atoms in total. The maximum atomic E-state index is 12.2. The average Bonchev–Trinajstić information content (AvgIpc) is 3.38. The van der Waals surface area contributed by atoms with Gasteiger partial charge in [0.1, 0.15) is 6.04 Å². The van der Waals surface area contributed by atoms with Crippen molar-refractivity contribution in [2.75, 3.05) is 12.3 Å². The SMILES string of the molecule is [N-]=[N+]=CC(=O)CC[C@H](NC(=O)[C@@H](N)CCCCNC(=O)CCCC[C@@H]1SC[C@H]2NC(=O)N[C@@H]12)C(N)=O. The fourth-order valence-electron chi connectivity index (χ4n) is 4.19. The van der Waals surface area contributed by atoms with Gasteiger partial charge in [-0.1, -0.05) is 6.42 Å². The molecule has 2 saturated heterocycles. The Morgan fingerprint density at radius 1 is 1.14 bits per heavy atom. The molecule has 2 heterocycles. The molecule has 5 amide bonds. The Labute approximate surface area is 214 Å². The molecule has 0 spiro atoms. The van der Waals surface area contributed by atoms with Crippen LogP contribution in [0.3, 0.4) is 0 Å². The summed E-state index contributed by atoms with van der Waals surface area (Å²) in [5.74, 6) is -0.943. The second-order valence-corrected chi connectivity index (χ2v) is 10.3.